The lowest BCUT2D eigenvalue weighted by atomic mass is 9.74. The SMILES string of the molecule is CCCc1ccc(-c2ccc(CC(C)C3CCC(CC)CC3)cc2)cc1. The van der Waals surface area contributed by atoms with Crippen molar-refractivity contribution in [1.29, 1.82) is 0 Å². The first-order valence-electron chi connectivity index (χ1n) is 10.9. The summed E-state index contributed by atoms with van der Waals surface area (Å²) in [5.41, 5.74) is 5.62. The molecule has 0 N–H and O–H groups in total. The van der Waals surface area contributed by atoms with Crippen molar-refractivity contribution < 1.29 is 0 Å². The summed E-state index contributed by atoms with van der Waals surface area (Å²) in [4.78, 5) is 0. The third kappa shape index (κ3) is 5.00. The molecule has 0 radical (unpaired) electrons. The fourth-order valence-electron chi connectivity index (χ4n) is 4.69. The first-order chi connectivity index (χ1) is 12.7. The molecule has 0 heteroatoms. The van der Waals surface area contributed by atoms with E-state index in [9.17, 15) is 0 Å². The summed E-state index contributed by atoms with van der Waals surface area (Å²) in [5.74, 6) is 2.75. The standard InChI is InChI=1S/C26H36/c1-4-6-22-9-15-25(16-10-22)26-17-11-23(12-18-26)19-20(3)24-13-7-21(5-2)8-14-24/h9-12,15-18,20-21,24H,4-8,13-14,19H2,1-3H3. The van der Waals surface area contributed by atoms with E-state index in [4.69, 9.17) is 0 Å². The predicted octanol–water partition coefficient (Wildman–Crippen LogP) is 7.70. The average Bonchev–Trinajstić information content (AvgIpc) is 2.69. The summed E-state index contributed by atoms with van der Waals surface area (Å²) in [7, 11) is 0. The maximum Gasteiger partial charge on any atom is -0.0184 e. The summed E-state index contributed by atoms with van der Waals surface area (Å²) < 4.78 is 0. The zero-order valence-corrected chi connectivity index (χ0v) is 17.0. The van der Waals surface area contributed by atoms with Crippen LogP contribution in [0.15, 0.2) is 48.5 Å². The van der Waals surface area contributed by atoms with Crippen LogP contribution in [0.5, 0.6) is 0 Å². The summed E-state index contributed by atoms with van der Waals surface area (Å²) in [6, 6.07) is 18.4. The maximum atomic E-state index is 2.47. The fourth-order valence-corrected chi connectivity index (χ4v) is 4.69. The van der Waals surface area contributed by atoms with E-state index >= 15 is 0 Å². The van der Waals surface area contributed by atoms with Crippen molar-refractivity contribution in [3.8, 4) is 11.1 Å². The van der Waals surface area contributed by atoms with Gasteiger partial charge in [-0.15, -0.1) is 0 Å². The van der Waals surface area contributed by atoms with Gasteiger partial charge in [0.25, 0.3) is 0 Å². The zero-order chi connectivity index (χ0) is 18.4. The molecule has 140 valence electrons. The lowest BCUT2D eigenvalue weighted by molar-refractivity contribution is 0.210. The summed E-state index contributed by atoms with van der Waals surface area (Å²) >= 11 is 0. The third-order valence-electron chi connectivity index (χ3n) is 6.61. The molecule has 0 amide bonds. The number of benzene rings is 2. The van der Waals surface area contributed by atoms with Crippen molar-refractivity contribution >= 4 is 0 Å². The van der Waals surface area contributed by atoms with Crippen LogP contribution in [0.1, 0.15) is 70.4 Å². The van der Waals surface area contributed by atoms with Gasteiger partial charge in [0, 0.05) is 0 Å². The Morgan fingerprint density at radius 2 is 1.31 bits per heavy atom. The molecule has 1 aliphatic carbocycles. The third-order valence-corrected chi connectivity index (χ3v) is 6.61. The molecule has 0 heterocycles. The van der Waals surface area contributed by atoms with Gasteiger partial charge in [-0.25, -0.2) is 0 Å². The molecule has 0 bridgehead atoms. The largest absolute Gasteiger partial charge is 0.0651 e. The van der Waals surface area contributed by atoms with Crippen LogP contribution in [-0.2, 0) is 12.8 Å². The molecule has 3 rings (SSSR count). The monoisotopic (exact) mass is 348 g/mol. The molecule has 0 spiro atoms. The Hall–Kier alpha value is -1.56. The van der Waals surface area contributed by atoms with Crippen molar-refractivity contribution in [2.45, 2.75) is 72.1 Å². The van der Waals surface area contributed by atoms with E-state index in [-0.39, 0.29) is 0 Å². The summed E-state index contributed by atoms with van der Waals surface area (Å²) in [6.45, 7) is 7.06. The van der Waals surface area contributed by atoms with Crippen LogP contribution in [0.4, 0.5) is 0 Å². The van der Waals surface area contributed by atoms with Gasteiger partial charge in [-0.3, -0.25) is 0 Å². The predicted molar refractivity (Wildman–Crippen MR) is 114 cm³/mol. The fraction of sp³-hybridized carbons (Fsp3) is 0.538. The second kappa shape index (κ2) is 9.40. The first kappa shape index (κ1) is 19.2. The zero-order valence-electron chi connectivity index (χ0n) is 17.0. The molecule has 1 atom stereocenters. The van der Waals surface area contributed by atoms with Gasteiger partial charge in [-0.2, -0.15) is 0 Å². The van der Waals surface area contributed by atoms with Gasteiger partial charge in [-0.1, -0.05) is 95.0 Å². The van der Waals surface area contributed by atoms with Gasteiger partial charge in [0.2, 0.25) is 0 Å². The minimum Gasteiger partial charge on any atom is -0.0651 e. The summed E-state index contributed by atoms with van der Waals surface area (Å²) in [5, 5.41) is 0. The molecule has 1 saturated carbocycles. The van der Waals surface area contributed by atoms with Crippen molar-refractivity contribution in [1.82, 2.24) is 0 Å². The Kier molecular flexibility index (Phi) is 6.94. The van der Waals surface area contributed by atoms with E-state index < -0.39 is 0 Å². The van der Waals surface area contributed by atoms with E-state index in [1.165, 1.54) is 73.6 Å². The highest BCUT2D eigenvalue weighted by molar-refractivity contribution is 5.64. The molecule has 0 aliphatic heterocycles. The first-order valence-corrected chi connectivity index (χ1v) is 10.9. The van der Waals surface area contributed by atoms with E-state index in [2.05, 4.69) is 69.3 Å². The van der Waals surface area contributed by atoms with Gasteiger partial charge < -0.3 is 0 Å². The van der Waals surface area contributed by atoms with Crippen LogP contribution in [0, 0.1) is 17.8 Å². The van der Waals surface area contributed by atoms with Crippen LogP contribution in [0.25, 0.3) is 11.1 Å². The molecule has 1 unspecified atom stereocenters. The molecule has 0 saturated heterocycles. The molecule has 26 heavy (non-hydrogen) atoms. The molecule has 0 aromatic heterocycles. The smallest absolute Gasteiger partial charge is 0.0184 e. The lowest BCUT2D eigenvalue weighted by Gasteiger charge is -2.32. The van der Waals surface area contributed by atoms with Gasteiger partial charge in [0.15, 0.2) is 0 Å². The van der Waals surface area contributed by atoms with Gasteiger partial charge in [0.05, 0.1) is 0 Å². The minimum atomic E-state index is 0.812. The van der Waals surface area contributed by atoms with Crippen molar-refractivity contribution in [2.75, 3.05) is 0 Å². The highest BCUT2D eigenvalue weighted by Crippen LogP contribution is 2.36. The van der Waals surface area contributed by atoms with Gasteiger partial charge in [0.1, 0.15) is 0 Å². The Morgan fingerprint density at radius 3 is 1.81 bits per heavy atom. The highest BCUT2D eigenvalue weighted by atomic mass is 14.3. The van der Waals surface area contributed by atoms with Crippen LogP contribution >= 0.6 is 0 Å². The number of aryl methyl sites for hydroxylation is 1. The van der Waals surface area contributed by atoms with Crippen LogP contribution in [0.3, 0.4) is 0 Å². The number of hydrogen-bond donors (Lipinski definition) is 0. The normalized spacial score (nSPS) is 21.5. The van der Waals surface area contributed by atoms with Crippen LogP contribution < -0.4 is 0 Å². The average molecular weight is 349 g/mol. The second-order valence-corrected chi connectivity index (χ2v) is 8.51. The Labute approximate surface area is 161 Å². The highest BCUT2D eigenvalue weighted by Gasteiger charge is 2.24. The Bertz CT molecular complexity index is 641. The van der Waals surface area contributed by atoms with Gasteiger partial charge >= 0.3 is 0 Å². The minimum absolute atomic E-state index is 0.812. The topological polar surface area (TPSA) is 0 Å². The quantitative estimate of drug-likeness (QED) is 0.481. The van der Waals surface area contributed by atoms with E-state index in [0.29, 0.717) is 0 Å². The molecular formula is C26H36. The van der Waals surface area contributed by atoms with E-state index in [0.717, 1.165) is 17.8 Å². The molecule has 2 aromatic rings. The van der Waals surface area contributed by atoms with Gasteiger partial charge in [-0.05, 0) is 65.7 Å². The lowest BCUT2D eigenvalue weighted by Crippen LogP contribution is -2.21. The Morgan fingerprint density at radius 1 is 0.769 bits per heavy atom. The molecular weight excluding hydrogens is 312 g/mol. The summed E-state index contributed by atoms with van der Waals surface area (Å²) in [6.07, 6.45) is 10.8. The molecule has 1 aliphatic rings. The second-order valence-electron chi connectivity index (χ2n) is 8.51. The maximum absolute atomic E-state index is 2.47. The molecule has 2 aromatic carbocycles. The van der Waals surface area contributed by atoms with Crippen molar-refractivity contribution in [3.05, 3.63) is 59.7 Å². The van der Waals surface area contributed by atoms with Crippen LogP contribution in [-0.4, -0.2) is 0 Å². The number of rotatable bonds is 7. The molecule has 0 nitrogen and oxygen atoms in total. The van der Waals surface area contributed by atoms with Crippen LogP contribution in [0.2, 0.25) is 0 Å². The number of hydrogen-bond acceptors (Lipinski definition) is 0. The Balaban J connectivity index is 1.57. The van der Waals surface area contributed by atoms with E-state index in [1.807, 2.05) is 0 Å². The van der Waals surface area contributed by atoms with E-state index in [1.54, 1.807) is 0 Å². The van der Waals surface area contributed by atoms with Crippen molar-refractivity contribution in [3.63, 3.8) is 0 Å². The molecule has 1 fully saturated rings. The van der Waals surface area contributed by atoms with Crippen molar-refractivity contribution in [2.24, 2.45) is 17.8 Å².